The summed E-state index contributed by atoms with van der Waals surface area (Å²) >= 11 is 1.69. The molecule has 2 unspecified atom stereocenters. The van der Waals surface area contributed by atoms with Crippen LogP contribution < -0.4 is 15.5 Å². The molecule has 5 nitrogen and oxygen atoms in total. The molecule has 3 heterocycles. The van der Waals surface area contributed by atoms with Crippen molar-refractivity contribution in [3.63, 3.8) is 0 Å². The van der Waals surface area contributed by atoms with Gasteiger partial charge in [0.25, 0.3) is 0 Å². The van der Waals surface area contributed by atoms with Crippen LogP contribution in [0.25, 0.3) is 0 Å². The molecule has 3 rings (SSSR count). The van der Waals surface area contributed by atoms with E-state index in [1.807, 2.05) is 11.6 Å². The summed E-state index contributed by atoms with van der Waals surface area (Å²) in [6, 6.07) is 0.0358. The molecule has 2 aliphatic rings. The zero-order valence-corrected chi connectivity index (χ0v) is 12.5. The van der Waals surface area contributed by atoms with Crippen LogP contribution in [0.5, 0.6) is 0 Å². The highest BCUT2D eigenvalue weighted by atomic mass is 32.1. The minimum atomic E-state index is 0.0358. The van der Waals surface area contributed by atoms with Crippen LogP contribution in [0.4, 0.5) is 5.13 Å². The number of carbonyl (C=O) groups excluding carboxylic acids is 1. The molecule has 2 aliphatic heterocycles. The Morgan fingerprint density at radius 2 is 2.45 bits per heavy atom. The summed E-state index contributed by atoms with van der Waals surface area (Å²) in [7, 11) is 0. The summed E-state index contributed by atoms with van der Waals surface area (Å²) < 4.78 is 0. The number of carbonyl (C=O) groups is 1. The highest BCUT2D eigenvalue weighted by Gasteiger charge is 2.25. The Balaban J connectivity index is 1.46. The van der Waals surface area contributed by atoms with Gasteiger partial charge >= 0.3 is 0 Å². The lowest BCUT2D eigenvalue weighted by molar-refractivity contribution is -0.122. The van der Waals surface area contributed by atoms with E-state index in [0.717, 1.165) is 44.2 Å². The van der Waals surface area contributed by atoms with E-state index in [4.69, 9.17) is 0 Å². The van der Waals surface area contributed by atoms with Crippen molar-refractivity contribution >= 4 is 22.4 Å². The van der Waals surface area contributed by atoms with Crippen LogP contribution in [0.2, 0.25) is 0 Å². The molecule has 0 spiro atoms. The minimum absolute atomic E-state index is 0.0358. The molecule has 2 saturated heterocycles. The molecular weight excluding hydrogens is 272 g/mol. The van der Waals surface area contributed by atoms with Crippen LogP contribution in [0, 0.1) is 5.92 Å². The predicted molar refractivity (Wildman–Crippen MR) is 81.1 cm³/mol. The van der Waals surface area contributed by atoms with E-state index in [2.05, 4.69) is 20.5 Å². The summed E-state index contributed by atoms with van der Waals surface area (Å²) in [5.74, 6) is 0.715. The summed E-state index contributed by atoms with van der Waals surface area (Å²) in [6.45, 7) is 3.85. The van der Waals surface area contributed by atoms with Gasteiger partial charge in [0.1, 0.15) is 0 Å². The number of hydrogen-bond acceptors (Lipinski definition) is 5. The Morgan fingerprint density at radius 1 is 1.50 bits per heavy atom. The Kier molecular flexibility index (Phi) is 4.52. The van der Waals surface area contributed by atoms with Gasteiger partial charge in [0.2, 0.25) is 5.91 Å². The number of nitrogens with zero attached hydrogens (tertiary/aromatic N) is 2. The summed E-state index contributed by atoms with van der Waals surface area (Å²) in [4.78, 5) is 18.7. The molecule has 0 radical (unpaired) electrons. The molecule has 1 aromatic heterocycles. The lowest BCUT2D eigenvalue weighted by Gasteiger charge is -2.32. The Labute approximate surface area is 123 Å². The van der Waals surface area contributed by atoms with Gasteiger partial charge in [-0.15, -0.1) is 11.3 Å². The van der Waals surface area contributed by atoms with Crippen molar-refractivity contribution in [3.05, 3.63) is 11.6 Å². The van der Waals surface area contributed by atoms with E-state index in [1.165, 1.54) is 12.8 Å². The number of amides is 1. The molecule has 2 atom stereocenters. The van der Waals surface area contributed by atoms with Gasteiger partial charge in [-0.2, -0.15) is 0 Å². The third-order valence-electron chi connectivity index (χ3n) is 4.15. The fraction of sp³-hybridized carbons (Fsp3) is 0.714. The topological polar surface area (TPSA) is 57.3 Å². The van der Waals surface area contributed by atoms with Crippen molar-refractivity contribution in [1.29, 1.82) is 0 Å². The first-order valence-electron chi connectivity index (χ1n) is 7.48. The second-order valence-corrected chi connectivity index (χ2v) is 6.54. The van der Waals surface area contributed by atoms with E-state index in [0.29, 0.717) is 5.92 Å². The Hall–Kier alpha value is -1.14. The quantitative estimate of drug-likeness (QED) is 0.877. The van der Waals surface area contributed by atoms with Crippen LogP contribution >= 0.6 is 11.3 Å². The second-order valence-electron chi connectivity index (χ2n) is 5.66. The third-order valence-corrected chi connectivity index (χ3v) is 4.98. The van der Waals surface area contributed by atoms with Gasteiger partial charge in [0.15, 0.2) is 5.13 Å². The fourth-order valence-electron chi connectivity index (χ4n) is 3.05. The van der Waals surface area contributed by atoms with Gasteiger partial charge < -0.3 is 15.5 Å². The number of thiazole rings is 1. The first-order chi connectivity index (χ1) is 9.83. The van der Waals surface area contributed by atoms with Crippen molar-refractivity contribution in [2.45, 2.75) is 31.7 Å². The van der Waals surface area contributed by atoms with E-state index in [1.54, 1.807) is 11.3 Å². The van der Waals surface area contributed by atoms with Gasteiger partial charge in [-0.1, -0.05) is 0 Å². The van der Waals surface area contributed by atoms with E-state index in [-0.39, 0.29) is 11.9 Å². The van der Waals surface area contributed by atoms with Crippen molar-refractivity contribution in [1.82, 2.24) is 15.6 Å². The normalized spacial score (nSPS) is 26.7. The molecule has 1 aromatic rings. The van der Waals surface area contributed by atoms with Gasteiger partial charge in [-0.05, 0) is 38.1 Å². The lowest BCUT2D eigenvalue weighted by atomic mass is 9.98. The van der Waals surface area contributed by atoms with Gasteiger partial charge in [-0.25, -0.2) is 4.98 Å². The maximum Gasteiger partial charge on any atom is 0.237 e. The average molecular weight is 294 g/mol. The number of nitrogens with one attached hydrogen (secondary N) is 2. The molecule has 0 aliphatic carbocycles. The third kappa shape index (κ3) is 3.30. The maximum absolute atomic E-state index is 12.0. The first-order valence-corrected chi connectivity index (χ1v) is 8.36. The smallest absolute Gasteiger partial charge is 0.237 e. The SMILES string of the molecule is O=C(NCC1CCCN(c2nccs2)C1)C1CCCN1. The van der Waals surface area contributed by atoms with Crippen molar-refractivity contribution < 1.29 is 4.79 Å². The number of rotatable bonds is 4. The number of piperidine rings is 1. The monoisotopic (exact) mass is 294 g/mol. The minimum Gasteiger partial charge on any atom is -0.354 e. The lowest BCUT2D eigenvalue weighted by Crippen LogP contribution is -2.45. The standard InChI is InChI=1S/C14H22N4OS/c19-13(12-4-1-5-15-12)17-9-11-3-2-7-18(10-11)14-16-6-8-20-14/h6,8,11-12,15H,1-5,7,9-10H2,(H,17,19). The molecule has 0 aromatic carbocycles. The fourth-order valence-corrected chi connectivity index (χ4v) is 3.73. The number of aromatic nitrogens is 1. The largest absolute Gasteiger partial charge is 0.354 e. The van der Waals surface area contributed by atoms with Crippen molar-refractivity contribution in [2.75, 3.05) is 31.1 Å². The predicted octanol–water partition coefficient (Wildman–Crippen LogP) is 1.23. The van der Waals surface area contributed by atoms with Gasteiger partial charge in [0, 0.05) is 31.2 Å². The average Bonchev–Trinajstić information content (AvgIpc) is 3.17. The summed E-state index contributed by atoms with van der Waals surface area (Å²) in [6.07, 6.45) is 6.32. The van der Waals surface area contributed by atoms with Crippen LogP contribution in [-0.4, -0.2) is 43.1 Å². The summed E-state index contributed by atoms with van der Waals surface area (Å²) in [5, 5.41) is 9.49. The second kappa shape index (κ2) is 6.54. The van der Waals surface area contributed by atoms with Crippen LogP contribution in [-0.2, 0) is 4.79 Å². The number of hydrogen-bond donors (Lipinski definition) is 2. The molecule has 6 heteroatoms. The zero-order valence-electron chi connectivity index (χ0n) is 11.7. The van der Waals surface area contributed by atoms with Crippen molar-refractivity contribution in [2.24, 2.45) is 5.92 Å². The Morgan fingerprint density at radius 3 is 3.20 bits per heavy atom. The van der Waals surface area contributed by atoms with E-state index in [9.17, 15) is 4.79 Å². The molecule has 20 heavy (non-hydrogen) atoms. The number of anilines is 1. The Bertz CT molecular complexity index is 430. The molecule has 110 valence electrons. The maximum atomic E-state index is 12.0. The molecule has 2 N–H and O–H groups in total. The molecule has 0 saturated carbocycles. The van der Waals surface area contributed by atoms with Gasteiger partial charge in [-0.3, -0.25) is 4.79 Å². The van der Waals surface area contributed by atoms with Crippen LogP contribution in [0.15, 0.2) is 11.6 Å². The summed E-state index contributed by atoms with van der Waals surface area (Å²) in [5.41, 5.74) is 0. The van der Waals surface area contributed by atoms with E-state index >= 15 is 0 Å². The van der Waals surface area contributed by atoms with E-state index < -0.39 is 0 Å². The highest BCUT2D eigenvalue weighted by molar-refractivity contribution is 7.13. The highest BCUT2D eigenvalue weighted by Crippen LogP contribution is 2.24. The van der Waals surface area contributed by atoms with Crippen LogP contribution in [0.1, 0.15) is 25.7 Å². The zero-order chi connectivity index (χ0) is 13.8. The molecule has 0 bridgehead atoms. The molecular formula is C14H22N4OS. The van der Waals surface area contributed by atoms with Crippen LogP contribution in [0.3, 0.4) is 0 Å². The first kappa shape index (κ1) is 13.8. The van der Waals surface area contributed by atoms with Gasteiger partial charge in [0.05, 0.1) is 6.04 Å². The molecule has 2 fully saturated rings. The molecule has 1 amide bonds. The van der Waals surface area contributed by atoms with Crippen molar-refractivity contribution in [3.8, 4) is 0 Å².